The van der Waals surface area contributed by atoms with Crippen molar-refractivity contribution in [1.29, 1.82) is 5.26 Å². The Morgan fingerprint density at radius 3 is 2.39 bits per heavy atom. The Labute approximate surface area is 144 Å². The second kappa shape index (κ2) is 9.96. The average Bonchev–Trinajstić information content (AvgIpc) is 2.74. The van der Waals surface area contributed by atoms with Gasteiger partial charge >= 0.3 is 0 Å². The Morgan fingerprint density at radius 1 is 1.30 bits per heavy atom. The number of nitrogens with zero attached hydrogens (tertiary/aromatic N) is 2. The third kappa shape index (κ3) is 5.69. The molecule has 1 fully saturated rings. The summed E-state index contributed by atoms with van der Waals surface area (Å²) in [6.45, 7) is 13.3. The van der Waals surface area contributed by atoms with Gasteiger partial charge in [0.25, 0.3) is 8.53 Å². The molecular formula is C16H32BN2O3P. The first-order valence-electron chi connectivity index (χ1n) is 8.73. The van der Waals surface area contributed by atoms with Crippen molar-refractivity contribution in [2.75, 3.05) is 6.61 Å². The van der Waals surface area contributed by atoms with Crippen LogP contribution in [-0.4, -0.2) is 49.4 Å². The van der Waals surface area contributed by atoms with E-state index in [0.29, 0.717) is 31.0 Å². The fourth-order valence-electron chi connectivity index (χ4n) is 2.97. The molecule has 1 rings (SSSR count). The first-order chi connectivity index (χ1) is 10.8. The maximum Gasteiger partial charge on any atom is 0.259 e. The normalized spacial score (nSPS) is 29.4. The number of ether oxygens (including phenoxy) is 1. The lowest BCUT2D eigenvalue weighted by Gasteiger charge is -2.38. The molecule has 5 nitrogen and oxygen atoms in total. The molecule has 1 aliphatic heterocycles. The van der Waals surface area contributed by atoms with Gasteiger partial charge in [0.15, 0.2) is 0 Å². The summed E-state index contributed by atoms with van der Waals surface area (Å²) >= 11 is 0. The molecule has 1 aliphatic rings. The molecule has 0 spiro atoms. The Hall–Kier alpha value is -0.175. The van der Waals surface area contributed by atoms with Gasteiger partial charge in [-0.25, -0.2) is 4.67 Å². The van der Waals surface area contributed by atoms with Gasteiger partial charge in [0.05, 0.1) is 31.3 Å². The predicted molar refractivity (Wildman–Crippen MR) is 96.7 cm³/mol. The van der Waals surface area contributed by atoms with Crippen LogP contribution in [-0.2, 0) is 13.8 Å². The largest absolute Gasteiger partial charge is 0.381 e. The second-order valence-corrected chi connectivity index (χ2v) is 8.17. The molecule has 1 heterocycles. The van der Waals surface area contributed by atoms with Crippen LogP contribution in [0.25, 0.3) is 0 Å². The van der Waals surface area contributed by atoms with Crippen molar-refractivity contribution in [3.8, 4) is 6.07 Å². The van der Waals surface area contributed by atoms with Crippen LogP contribution in [0.4, 0.5) is 0 Å². The third-order valence-electron chi connectivity index (χ3n) is 4.29. The molecular weight excluding hydrogens is 310 g/mol. The minimum Gasteiger partial charge on any atom is -0.381 e. The van der Waals surface area contributed by atoms with Gasteiger partial charge in [-0.2, -0.15) is 5.26 Å². The van der Waals surface area contributed by atoms with E-state index in [2.05, 4.69) is 60.1 Å². The zero-order valence-corrected chi connectivity index (χ0v) is 16.5. The summed E-state index contributed by atoms with van der Waals surface area (Å²) in [6, 6.07) is 2.97. The molecule has 0 amide bonds. The molecule has 7 heteroatoms. The first kappa shape index (κ1) is 20.9. The van der Waals surface area contributed by atoms with E-state index in [0.717, 1.165) is 6.42 Å². The molecule has 1 saturated heterocycles. The van der Waals surface area contributed by atoms with E-state index in [-0.39, 0.29) is 18.2 Å². The van der Waals surface area contributed by atoms with Gasteiger partial charge in [-0.3, -0.25) is 0 Å². The lowest BCUT2D eigenvalue weighted by atomic mass is 9.86. The van der Waals surface area contributed by atoms with Gasteiger partial charge in [-0.15, -0.1) is 0 Å². The van der Waals surface area contributed by atoms with Gasteiger partial charge in [-0.1, -0.05) is 13.8 Å². The second-order valence-electron chi connectivity index (χ2n) is 6.76. The monoisotopic (exact) mass is 342 g/mol. The van der Waals surface area contributed by atoms with Crippen LogP contribution < -0.4 is 0 Å². The van der Waals surface area contributed by atoms with Crippen LogP contribution >= 0.6 is 8.53 Å². The van der Waals surface area contributed by atoms with Gasteiger partial charge in [0, 0.05) is 24.0 Å². The van der Waals surface area contributed by atoms with E-state index in [9.17, 15) is 0 Å². The zero-order chi connectivity index (χ0) is 17.6. The average molecular weight is 342 g/mol. The lowest BCUT2D eigenvalue weighted by molar-refractivity contribution is 0.0309. The van der Waals surface area contributed by atoms with Gasteiger partial charge in [0.2, 0.25) is 0 Å². The molecule has 5 unspecified atom stereocenters. The summed E-state index contributed by atoms with van der Waals surface area (Å²) in [5.41, 5.74) is 0. The summed E-state index contributed by atoms with van der Waals surface area (Å²) in [7, 11) is 0.908. The van der Waals surface area contributed by atoms with Crippen molar-refractivity contribution in [1.82, 2.24) is 4.67 Å². The predicted octanol–water partition coefficient (Wildman–Crippen LogP) is 3.05. The molecule has 23 heavy (non-hydrogen) atoms. The third-order valence-corrected chi connectivity index (χ3v) is 6.42. The number of hydrogen-bond acceptors (Lipinski definition) is 5. The SMILES string of the molecule is BC1OC(CC)C(OP(OCCC#N)N(C(C)C)C(C)C)C1C. The Bertz CT molecular complexity index is 384. The summed E-state index contributed by atoms with van der Waals surface area (Å²) in [5, 5.41) is 8.78. The fraction of sp³-hybridized carbons (Fsp3) is 0.938. The number of hydrogen-bond donors (Lipinski definition) is 0. The topological polar surface area (TPSA) is 54.7 Å². The van der Waals surface area contributed by atoms with E-state index >= 15 is 0 Å². The van der Waals surface area contributed by atoms with E-state index in [1.54, 1.807) is 0 Å². The van der Waals surface area contributed by atoms with Crippen LogP contribution in [0.1, 0.15) is 54.4 Å². The van der Waals surface area contributed by atoms with Crippen LogP contribution in [0, 0.1) is 17.2 Å². The highest BCUT2D eigenvalue weighted by Gasteiger charge is 2.42. The smallest absolute Gasteiger partial charge is 0.259 e. The Morgan fingerprint density at radius 2 is 1.91 bits per heavy atom. The van der Waals surface area contributed by atoms with E-state index in [1.165, 1.54) is 0 Å². The molecule has 0 N–H and O–H groups in total. The van der Waals surface area contributed by atoms with Gasteiger partial charge < -0.3 is 13.8 Å². The quantitative estimate of drug-likeness (QED) is 0.366. The summed E-state index contributed by atoms with van der Waals surface area (Å²) in [5.74, 6) is 0.339. The van der Waals surface area contributed by atoms with Crippen LogP contribution in [0.15, 0.2) is 0 Å². The Kier molecular flexibility index (Phi) is 9.04. The number of rotatable bonds is 9. The molecule has 0 bridgehead atoms. The maximum atomic E-state index is 8.78. The van der Waals surface area contributed by atoms with Crippen LogP contribution in [0.3, 0.4) is 0 Å². The zero-order valence-electron chi connectivity index (χ0n) is 15.7. The van der Waals surface area contributed by atoms with E-state index in [1.807, 2.05) is 0 Å². The molecule has 0 aliphatic carbocycles. The summed E-state index contributed by atoms with van der Waals surface area (Å²) in [4.78, 5) is 0. The number of nitriles is 1. The van der Waals surface area contributed by atoms with E-state index < -0.39 is 8.53 Å². The molecule has 0 aromatic heterocycles. The maximum absolute atomic E-state index is 8.78. The first-order valence-corrected chi connectivity index (χ1v) is 9.86. The molecule has 5 atom stereocenters. The highest BCUT2D eigenvalue weighted by Crippen LogP contribution is 2.50. The van der Waals surface area contributed by atoms with Crippen molar-refractivity contribution in [3.05, 3.63) is 0 Å². The van der Waals surface area contributed by atoms with Crippen LogP contribution in [0.2, 0.25) is 0 Å². The lowest BCUT2D eigenvalue weighted by Crippen LogP contribution is -2.37. The molecule has 0 aromatic carbocycles. The molecule has 0 saturated carbocycles. The minimum absolute atomic E-state index is 0.0446. The molecule has 132 valence electrons. The van der Waals surface area contributed by atoms with Gasteiger partial charge in [-0.05, 0) is 34.1 Å². The van der Waals surface area contributed by atoms with E-state index in [4.69, 9.17) is 19.0 Å². The Balaban J connectivity index is 2.88. The summed E-state index contributed by atoms with van der Waals surface area (Å²) < 4.78 is 20.8. The minimum atomic E-state index is -1.20. The van der Waals surface area contributed by atoms with Crippen molar-refractivity contribution >= 4 is 16.4 Å². The van der Waals surface area contributed by atoms with Crippen molar-refractivity contribution in [2.24, 2.45) is 5.92 Å². The molecule has 0 aromatic rings. The van der Waals surface area contributed by atoms with Crippen molar-refractivity contribution < 1.29 is 13.8 Å². The highest BCUT2D eigenvalue weighted by atomic mass is 31.2. The van der Waals surface area contributed by atoms with Gasteiger partial charge in [0.1, 0.15) is 7.85 Å². The van der Waals surface area contributed by atoms with Crippen molar-refractivity contribution in [2.45, 2.75) is 84.7 Å². The standard InChI is InChI=1S/C16H32BN2O3P/c1-7-14-15(13(6)16(17)21-14)22-23(20-10-8-9-18)19(11(2)3)12(4)5/h11-16H,7-8,10,17H2,1-6H3. The van der Waals surface area contributed by atoms with Crippen molar-refractivity contribution in [3.63, 3.8) is 0 Å². The molecule has 0 radical (unpaired) electrons. The van der Waals surface area contributed by atoms with Crippen LogP contribution in [0.5, 0.6) is 0 Å². The summed E-state index contributed by atoms with van der Waals surface area (Å²) in [6.07, 6.45) is 1.48. The highest BCUT2D eigenvalue weighted by molar-refractivity contribution is 7.44. The fourth-order valence-corrected chi connectivity index (χ4v) is 4.81.